The standard InChI is InChI=1S/C28H31ClFN3O4S/c1-20(2)17-31-28(35)21(3)32(18-22-11-7-8-14-24(22)29)27(34)19-33(26-16-10-9-15-25(26)30)38(36,37)23-12-5-4-6-13-23/h4-16,20-21H,17-19H2,1-3H3,(H,31,35). The van der Waals surface area contributed by atoms with Crippen molar-refractivity contribution < 1.29 is 22.4 Å². The minimum absolute atomic E-state index is 0.0503. The molecule has 3 aromatic rings. The van der Waals surface area contributed by atoms with Crippen molar-refractivity contribution >= 4 is 39.1 Å². The highest BCUT2D eigenvalue weighted by atomic mass is 35.5. The Kier molecular flexibility index (Phi) is 9.88. The van der Waals surface area contributed by atoms with Gasteiger partial charge < -0.3 is 10.2 Å². The van der Waals surface area contributed by atoms with Crippen molar-refractivity contribution in [3.63, 3.8) is 0 Å². The van der Waals surface area contributed by atoms with E-state index in [4.69, 9.17) is 11.6 Å². The van der Waals surface area contributed by atoms with Gasteiger partial charge in [-0.2, -0.15) is 0 Å². The van der Waals surface area contributed by atoms with E-state index in [2.05, 4.69) is 5.32 Å². The van der Waals surface area contributed by atoms with E-state index in [1.807, 2.05) is 13.8 Å². The van der Waals surface area contributed by atoms with Crippen molar-refractivity contribution in [2.45, 2.75) is 38.3 Å². The zero-order valence-electron chi connectivity index (χ0n) is 21.5. The lowest BCUT2D eigenvalue weighted by molar-refractivity contribution is -0.139. The van der Waals surface area contributed by atoms with Crippen LogP contribution in [0.25, 0.3) is 0 Å². The topological polar surface area (TPSA) is 86.8 Å². The van der Waals surface area contributed by atoms with E-state index in [0.29, 0.717) is 17.1 Å². The third kappa shape index (κ3) is 7.11. The number of carbonyl (C=O) groups excluding carboxylic acids is 2. The van der Waals surface area contributed by atoms with Crippen molar-refractivity contribution in [2.24, 2.45) is 5.92 Å². The van der Waals surface area contributed by atoms with Crippen LogP contribution in [0, 0.1) is 11.7 Å². The smallest absolute Gasteiger partial charge is 0.264 e. The van der Waals surface area contributed by atoms with E-state index >= 15 is 0 Å². The van der Waals surface area contributed by atoms with Gasteiger partial charge in [-0.25, -0.2) is 12.8 Å². The fourth-order valence-electron chi connectivity index (χ4n) is 3.73. The molecule has 3 rings (SSSR count). The van der Waals surface area contributed by atoms with Crippen LogP contribution in [0.2, 0.25) is 5.02 Å². The molecule has 0 aliphatic heterocycles. The molecule has 1 N–H and O–H groups in total. The zero-order valence-corrected chi connectivity index (χ0v) is 23.0. The molecule has 3 aromatic carbocycles. The van der Waals surface area contributed by atoms with Gasteiger partial charge in [0, 0.05) is 18.1 Å². The molecule has 2 amide bonds. The van der Waals surface area contributed by atoms with Crippen LogP contribution in [0.5, 0.6) is 0 Å². The first-order chi connectivity index (χ1) is 18.0. The second-order valence-electron chi connectivity index (χ2n) is 9.20. The first kappa shape index (κ1) is 29.1. The van der Waals surface area contributed by atoms with Crippen molar-refractivity contribution in [1.29, 1.82) is 0 Å². The van der Waals surface area contributed by atoms with E-state index in [-0.39, 0.29) is 23.0 Å². The minimum Gasteiger partial charge on any atom is -0.354 e. The van der Waals surface area contributed by atoms with E-state index in [1.165, 1.54) is 35.2 Å². The molecule has 0 fully saturated rings. The molecule has 0 aliphatic rings. The molecule has 1 unspecified atom stereocenters. The average molecular weight is 560 g/mol. The van der Waals surface area contributed by atoms with Crippen LogP contribution in [0.15, 0.2) is 83.8 Å². The maximum absolute atomic E-state index is 14.9. The van der Waals surface area contributed by atoms with Crippen LogP contribution in [0.3, 0.4) is 0 Å². The van der Waals surface area contributed by atoms with Crippen molar-refractivity contribution in [3.8, 4) is 0 Å². The Labute approximate surface area is 228 Å². The number of para-hydroxylation sites is 1. The Morgan fingerprint density at radius 3 is 2.16 bits per heavy atom. The highest BCUT2D eigenvalue weighted by molar-refractivity contribution is 7.92. The van der Waals surface area contributed by atoms with Gasteiger partial charge >= 0.3 is 0 Å². The summed E-state index contributed by atoms with van der Waals surface area (Å²) in [5.41, 5.74) is 0.300. The van der Waals surface area contributed by atoms with Gasteiger partial charge in [0.25, 0.3) is 10.0 Å². The van der Waals surface area contributed by atoms with Crippen LogP contribution in [-0.2, 0) is 26.2 Å². The number of nitrogens with zero attached hydrogens (tertiary/aromatic N) is 2. The van der Waals surface area contributed by atoms with Crippen LogP contribution in [-0.4, -0.2) is 44.3 Å². The normalized spacial score (nSPS) is 12.2. The summed E-state index contributed by atoms with van der Waals surface area (Å²) in [5.74, 6) is -1.71. The summed E-state index contributed by atoms with van der Waals surface area (Å²) in [6, 6.07) is 18.7. The Morgan fingerprint density at radius 2 is 1.53 bits per heavy atom. The number of hydrogen-bond acceptors (Lipinski definition) is 4. The highest BCUT2D eigenvalue weighted by Gasteiger charge is 2.33. The molecule has 202 valence electrons. The molecule has 0 saturated heterocycles. The molecule has 0 spiro atoms. The maximum atomic E-state index is 14.9. The molecule has 0 radical (unpaired) electrons. The number of sulfonamides is 1. The second-order valence-corrected chi connectivity index (χ2v) is 11.5. The molecule has 0 bridgehead atoms. The lowest BCUT2D eigenvalue weighted by Gasteiger charge is -2.32. The molecule has 1 atom stereocenters. The minimum atomic E-state index is -4.33. The fraction of sp³-hybridized carbons (Fsp3) is 0.286. The van der Waals surface area contributed by atoms with E-state index in [0.717, 1.165) is 10.4 Å². The molecular formula is C28H31ClFN3O4S. The molecule has 0 aromatic heterocycles. The van der Waals surface area contributed by atoms with E-state index < -0.39 is 40.2 Å². The first-order valence-corrected chi connectivity index (χ1v) is 14.0. The molecule has 0 saturated carbocycles. The van der Waals surface area contributed by atoms with Gasteiger partial charge in [-0.3, -0.25) is 13.9 Å². The van der Waals surface area contributed by atoms with Crippen molar-refractivity contribution in [2.75, 3.05) is 17.4 Å². The van der Waals surface area contributed by atoms with Crippen LogP contribution in [0.1, 0.15) is 26.3 Å². The lowest BCUT2D eigenvalue weighted by atomic mass is 10.1. The number of rotatable bonds is 11. The Balaban J connectivity index is 2.02. The van der Waals surface area contributed by atoms with Gasteiger partial charge in [0.15, 0.2) is 0 Å². The maximum Gasteiger partial charge on any atom is 0.264 e. The van der Waals surface area contributed by atoms with Gasteiger partial charge in [0.2, 0.25) is 11.8 Å². The number of anilines is 1. The van der Waals surface area contributed by atoms with Crippen LogP contribution < -0.4 is 9.62 Å². The number of carbonyl (C=O) groups is 2. The average Bonchev–Trinajstić information content (AvgIpc) is 2.90. The predicted octanol–water partition coefficient (Wildman–Crippen LogP) is 4.86. The van der Waals surface area contributed by atoms with Crippen LogP contribution in [0.4, 0.5) is 10.1 Å². The summed E-state index contributed by atoms with van der Waals surface area (Å²) in [7, 11) is -4.33. The zero-order chi connectivity index (χ0) is 27.9. The highest BCUT2D eigenvalue weighted by Crippen LogP contribution is 2.27. The summed E-state index contributed by atoms with van der Waals surface area (Å²) < 4.78 is 42.9. The number of benzene rings is 3. The number of halogens is 2. The molecule has 38 heavy (non-hydrogen) atoms. The first-order valence-electron chi connectivity index (χ1n) is 12.1. The van der Waals surface area contributed by atoms with Crippen LogP contribution >= 0.6 is 11.6 Å². The monoisotopic (exact) mass is 559 g/mol. The lowest BCUT2D eigenvalue weighted by Crippen LogP contribution is -2.51. The third-order valence-corrected chi connectivity index (χ3v) is 8.02. The fourth-order valence-corrected chi connectivity index (χ4v) is 5.37. The predicted molar refractivity (Wildman–Crippen MR) is 147 cm³/mol. The Hall–Kier alpha value is -3.43. The molecule has 0 heterocycles. The van der Waals surface area contributed by atoms with Gasteiger partial charge in [-0.15, -0.1) is 0 Å². The van der Waals surface area contributed by atoms with Crippen molar-refractivity contribution in [3.05, 3.63) is 95.3 Å². The van der Waals surface area contributed by atoms with Gasteiger partial charge in [0.05, 0.1) is 10.6 Å². The van der Waals surface area contributed by atoms with E-state index in [9.17, 15) is 22.4 Å². The van der Waals surface area contributed by atoms with Crippen molar-refractivity contribution in [1.82, 2.24) is 10.2 Å². The number of nitrogens with one attached hydrogen (secondary N) is 1. The second kappa shape index (κ2) is 12.9. The summed E-state index contributed by atoms with van der Waals surface area (Å²) in [6.45, 7) is 5.07. The SMILES string of the molecule is CC(C)CNC(=O)C(C)N(Cc1ccccc1Cl)C(=O)CN(c1ccccc1F)S(=O)(=O)c1ccccc1. The summed E-state index contributed by atoms with van der Waals surface area (Å²) in [4.78, 5) is 27.9. The largest absolute Gasteiger partial charge is 0.354 e. The molecule has 0 aliphatic carbocycles. The number of amides is 2. The quantitative estimate of drug-likeness (QED) is 0.363. The summed E-state index contributed by atoms with van der Waals surface area (Å²) >= 11 is 6.34. The summed E-state index contributed by atoms with van der Waals surface area (Å²) in [5, 5.41) is 3.20. The van der Waals surface area contributed by atoms with E-state index in [1.54, 1.807) is 49.4 Å². The van der Waals surface area contributed by atoms with Gasteiger partial charge in [0.1, 0.15) is 18.4 Å². The summed E-state index contributed by atoms with van der Waals surface area (Å²) in [6.07, 6.45) is 0. The Morgan fingerprint density at radius 1 is 0.921 bits per heavy atom. The molecule has 10 heteroatoms. The van der Waals surface area contributed by atoms with Gasteiger partial charge in [-0.05, 0) is 48.7 Å². The Bertz CT molecular complexity index is 1370. The third-order valence-electron chi connectivity index (χ3n) is 5.88. The van der Waals surface area contributed by atoms with Gasteiger partial charge in [-0.1, -0.05) is 74.0 Å². The molecular weight excluding hydrogens is 529 g/mol. The molecule has 7 nitrogen and oxygen atoms in total. The number of hydrogen-bond donors (Lipinski definition) is 1.